The quantitative estimate of drug-likeness (QED) is 0.894. The molecule has 1 saturated carbocycles. The number of nitrogens with zero attached hydrogens (tertiary/aromatic N) is 1. The van der Waals surface area contributed by atoms with Crippen molar-refractivity contribution in [2.75, 3.05) is 16.8 Å². The fourth-order valence-corrected chi connectivity index (χ4v) is 4.05. The molecule has 1 aliphatic heterocycles. The first kappa shape index (κ1) is 15.3. The van der Waals surface area contributed by atoms with Gasteiger partial charge in [0.05, 0.1) is 0 Å². The molecule has 1 heterocycles. The van der Waals surface area contributed by atoms with E-state index in [4.69, 9.17) is 0 Å². The highest BCUT2D eigenvalue weighted by Crippen LogP contribution is 2.36. The highest BCUT2D eigenvalue weighted by Gasteiger charge is 2.27. The zero-order valence-electron chi connectivity index (χ0n) is 14.0. The fourth-order valence-electron chi connectivity index (χ4n) is 4.05. The van der Waals surface area contributed by atoms with Crippen molar-refractivity contribution < 1.29 is 4.79 Å². The van der Waals surface area contributed by atoms with Gasteiger partial charge in [-0.3, -0.25) is 4.79 Å². The molecule has 3 nitrogen and oxygen atoms in total. The third kappa shape index (κ3) is 3.03. The largest absolute Gasteiger partial charge is 0.368 e. The number of carbonyl (C=O) groups excluding carboxylic acids is 1. The van der Waals surface area contributed by atoms with Gasteiger partial charge < -0.3 is 10.2 Å². The lowest BCUT2D eigenvalue weighted by atomic mass is 9.94. The van der Waals surface area contributed by atoms with Gasteiger partial charge in [0, 0.05) is 29.5 Å². The Morgan fingerprint density at radius 1 is 1.00 bits per heavy atom. The molecule has 0 radical (unpaired) electrons. The predicted octanol–water partition coefficient (Wildman–Crippen LogP) is 4.63. The van der Waals surface area contributed by atoms with Gasteiger partial charge in [0.1, 0.15) is 0 Å². The van der Waals surface area contributed by atoms with Crippen LogP contribution in [0, 0.1) is 0 Å². The number of fused-ring (bicyclic) bond motifs is 1. The van der Waals surface area contributed by atoms with Crippen molar-refractivity contribution >= 4 is 17.3 Å². The lowest BCUT2D eigenvalue weighted by Gasteiger charge is -2.33. The van der Waals surface area contributed by atoms with Gasteiger partial charge in [-0.2, -0.15) is 0 Å². The van der Waals surface area contributed by atoms with Crippen LogP contribution in [0.4, 0.5) is 11.4 Å². The number of anilines is 2. The van der Waals surface area contributed by atoms with E-state index in [2.05, 4.69) is 22.3 Å². The molecule has 1 amide bonds. The molecule has 4 rings (SSSR count). The normalized spacial score (nSPS) is 17.6. The number of benzene rings is 2. The molecule has 2 aliphatic rings. The topological polar surface area (TPSA) is 32.3 Å². The van der Waals surface area contributed by atoms with Crippen LogP contribution in [0.1, 0.15) is 48.0 Å². The summed E-state index contributed by atoms with van der Waals surface area (Å²) in [5, 5.41) is 3.05. The van der Waals surface area contributed by atoms with E-state index in [0.29, 0.717) is 11.6 Å². The van der Waals surface area contributed by atoms with Gasteiger partial charge in [0.25, 0.3) is 5.91 Å². The average molecular weight is 320 g/mol. The number of nitrogens with one attached hydrogen (secondary N) is 1. The van der Waals surface area contributed by atoms with Crippen molar-refractivity contribution in [1.82, 2.24) is 0 Å². The number of hydrogen-bond donors (Lipinski definition) is 1. The smallest absolute Gasteiger partial charge is 0.255 e. The summed E-state index contributed by atoms with van der Waals surface area (Å²) >= 11 is 0. The van der Waals surface area contributed by atoms with Crippen LogP contribution in [-0.2, 0) is 6.42 Å². The van der Waals surface area contributed by atoms with Crippen molar-refractivity contribution in [3.05, 3.63) is 59.7 Å². The molecule has 2 aromatic rings. The lowest BCUT2D eigenvalue weighted by Crippen LogP contribution is -2.35. The first-order chi connectivity index (χ1) is 11.8. The van der Waals surface area contributed by atoms with Crippen LogP contribution < -0.4 is 10.2 Å². The Labute approximate surface area is 143 Å². The standard InChI is InChI=1S/C21H24N2O/c24-21(17-7-3-1-4-8-17)22-18-12-11-16-13-14-23(20(16)15-18)19-9-5-2-6-10-19/h1,3-4,7-8,11-12,15,19H,2,5-6,9-10,13-14H2,(H,22,24). The highest BCUT2D eigenvalue weighted by molar-refractivity contribution is 6.04. The summed E-state index contributed by atoms with van der Waals surface area (Å²) in [5.74, 6) is -0.0437. The summed E-state index contributed by atoms with van der Waals surface area (Å²) in [5.41, 5.74) is 4.33. The second-order valence-electron chi connectivity index (χ2n) is 6.90. The Hall–Kier alpha value is -2.29. The minimum Gasteiger partial charge on any atom is -0.368 e. The SMILES string of the molecule is O=C(Nc1ccc2c(c1)N(C1CCCCC1)CC2)c1ccccc1. The summed E-state index contributed by atoms with van der Waals surface area (Å²) in [4.78, 5) is 14.9. The van der Waals surface area contributed by atoms with Crippen LogP contribution in [0.5, 0.6) is 0 Å². The van der Waals surface area contributed by atoms with Gasteiger partial charge in [-0.1, -0.05) is 43.5 Å². The van der Waals surface area contributed by atoms with Gasteiger partial charge in [0.15, 0.2) is 0 Å². The molecular weight excluding hydrogens is 296 g/mol. The summed E-state index contributed by atoms with van der Waals surface area (Å²) < 4.78 is 0. The minimum absolute atomic E-state index is 0.0437. The van der Waals surface area contributed by atoms with E-state index >= 15 is 0 Å². The van der Waals surface area contributed by atoms with Gasteiger partial charge in [-0.05, 0) is 49.1 Å². The van der Waals surface area contributed by atoms with Crippen molar-refractivity contribution in [1.29, 1.82) is 0 Å². The van der Waals surface area contributed by atoms with Crippen LogP contribution in [0.15, 0.2) is 48.5 Å². The third-order valence-corrected chi connectivity index (χ3v) is 5.33. The highest BCUT2D eigenvalue weighted by atomic mass is 16.1. The molecule has 2 aromatic carbocycles. The average Bonchev–Trinajstić information content (AvgIpc) is 3.06. The van der Waals surface area contributed by atoms with Crippen LogP contribution in [0.3, 0.4) is 0 Å². The van der Waals surface area contributed by atoms with E-state index < -0.39 is 0 Å². The molecule has 0 aromatic heterocycles. The number of hydrogen-bond acceptors (Lipinski definition) is 2. The Morgan fingerprint density at radius 3 is 2.58 bits per heavy atom. The van der Waals surface area contributed by atoms with Crippen LogP contribution in [0.2, 0.25) is 0 Å². The second-order valence-corrected chi connectivity index (χ2v) is 6.90. The molecule has 1 aliphatic carbocycles. The Kier molecular flexibility index (Phi) is 4.24. The van der Waals surface area contributed by atoms with Gasteiger partial charge in [0.2, 0.25) is 0 Å². The molecule has 0 atom stereocenters. The maximum atomic E-state index is 12.4. The fraction of sp³-hybridized carbons (Fsp3) is 0.381. The van der Waals surface area contributed by atoms with Crippen LogP contribution in [-0.4, -0.2) is 18.5 Å². The molecule has 1 N–H and O–H groups in total. The van der Waals surface area contributed by atoms with E-state index in [1.807, 2.05) is 36.4 Å². The van der Waals surface area contributed by atoms with E-state index in [1.54, 1.807) is 0 Å². The zero-order chi connectivity index (χ0) is 16.4. The molecule has 0 saturated heterocycles. The maximum Gasteiger partial charge on any atom is 0.255 e. The minimum atomic E-state index is -0.0437. The van der Waals surface area contributed by atoms with E-state index in [9.17, 15) is 4.79 Å². The van der Waals surface area contributed by atoms with Crippen molar-refractivity contribution in [3.63, 3.8) is 0 Å². The molecule has 3 heteroatoms. The number of carbonyl (C=O) groups is 1. The van der Waals surface area contributed by atoms with Crippen molar-refractivity contribution in [3.8, 4) is 0 Å². The molecule has 0 unspecified atom stereocenters. The molecule has 0 bridgehead atoms. The molecule has 0 spiro atoms. The number of rotatable bonds is 3. The Morgan fingerprint density at radius 2 is 1.79 bits per heavy atom. The summed E-state index contributed by atoms with van der Waals surface area (Å²) in [6.07, 6.45) is 7.81. The second kappa shape index (κ2) is 6.68. The van der Waals surface area contributed by atoms with Gasteiger partial charge in [-0.15, -0.1) is 0 Å². The van der Waals surface area contributed by atoms with E-state index in [0.717, 1.165) is 18.7 Å². The Balaban J connectivity index is 1.53. The lowest BCUT2D eigenvalue weighted by molar-refractivity contribution is 0.102. The third-order valence-electron chi connectivity index (χ3n) is 5.33. The first-order valence-electron chi connectivity index (χ1n) is 9.07. The van der Waals surface area contributed by atoms with E-state index in [1.165, 1.54) is 43.4 Å². The molecular formula is C21H24N2O. The van der Waals surface area contributed by atoms with Crippen LogP contribution >= 0.6 is 0 Å². The van der Waals surface area contributed by atoms with Crippen molar-refractivity contribution in [2.45, 2.75) is 44.6 Å². The molecule has 124 valence electrons. The zero-order valence-corrected chi connectivity index (χ0v) is 14.0. The van der Waals surface area contributed by atoms with Crippen LogP contribution in [0.25, 0.3) is 0 Å². The maximum absolute atomic E-state index is 12.4. The van der Waals surface area contributed by atoms with Gasteiger partial charge in [-0.25, -0.2) is 0 Å². The molecule has 24 heavy (non-hydrogen) atoms. The summed E-state index contributed by atoms with van der Waals surface area (Å²) in [7, 11) is 0. The predicted molar refractivity (Wildman–Crippen MR) is 98.8 cm³/mol. The van der Waals surface area contributed by atoms with E-state index in [-0.39, 0.29) is 5.91 Å². The monoisotopic (exact) mass is 320 g/mol. The Bertz CT molecular complexity index is 720. The first-order valence-corrected chi connectivity index (χ1v) is 9.07. The number of amides is 1. The van der Waals surface area contributed by atoms with Gasteiger partial charge >= 0.3 is 0 Å². The summed E-state index contributed by atoms with van der Waals surface area (Å²) in [6, 6.07) is 16.5. The summed E-state index contributed by atoms with van der Waals surface area (Å²) in [6.45, 7) is 1.12. The van der Waals surface area contributed by atoms with Crippen molar-refractivity contribution in [2.24, 2.45) is 0 Å². The molecule has 1 fully saturated rings.